The van der Waals surface area contributed by atoms with Crippen molar-refractivity contribution in [2.24, 2.45) is 5.92 Å². The normalized spacial score (nSPS) is 23.5. The van der Waals surface area contributed by atoms with Crippen molar-refractivity contribution in [3.8, 4) is 0 Å². The van der Waals surface area contributed by atoms with E-state index in [9.17, 15) is 13.2 Å². The SMILES string of the molecule is COC(=O)C1CCC(NS(=O)(=O)c2ccc(Br)s2)CC1. The van der Waals surface area contributed by atoms with Gasteiger partial charge in [0.05, 0.1) is 16.8 Å². The van der Waals surface area contributed by atoms with Crippen molar-refractivity contribution >= 4 is 43.3 Å². The summed E-state index contributed by atoms with van der Waals surface area (Å²) in [5, 5.41) is 0. The molecule has 1 N–H and O–H groups in total. The first-order chi connectivity index (χ1) is 9.42. The summed E-state index contributed by atoms with van der Waals surface area (Å²) in [4.78, 5) is 11.4. The smallest absolute Gasteiger partial charge is 0.308 e. The third-order valence-electron chi connectivity index (χ3n) is 3.40. The summed E-state index contributed by atoms with van der Waals surface area (Å²) in [6, 6.07) is 3.19. The highest BCUT2D eigenvalue weighted by atomic mass is 79.9. The molecule has 20 heavy (non-hydrogen) atoms. The van der Waals surface area contributed by atoms with Crippen LogP contribution in [0.15, 0.2) is 20.1 Å². The van der Waals surface area contributed by atoms with E-state index in [1.165, 1.54) is 18.4 Å². The van der Waals surface area contributed by atoms with Crippen molar-refractivity contribution in [1.82, 2.24) is 4.72 Å². The van der Waals surface area contributed by atoms with Gasteiger partial charge in [0.25, 0.3) is 0 Å². The van der Waals surface area contributed by atoms with E-state index in [1.807, 2.05) is 0 Å². The zero-order valence-electron chi connectivity index (χ0n) is 11.0. The van der Waals surface area contributed by atoms with Crippen molar-refractivity contribution in [3.05, 3.63) is 15.9 Å². The number of sulfonamides is 1. The molecule has 0 radical (unpaired) electrons. The Hall–Kier alpha value is -0.440. The molecule has 0 atom stereocenters. The van der Waals surface area contributed by atoms with Crippen molar-refractivity contribution in [3.63, 3.8) is 0 Å². The highest BCUT2D eigenvalue weighted by Gasteiger charge is 2.29. The molecule has 1 saturated carbocycles. The van der Waals surface area contributed by atoms with E-state index in [4.69, 9.17) is 4.74 Å². The zero-order chi connectivity index (χ0) is 14.8. The summed E-state index contributed by atoms with van der Waals surface area (Å²) in [6.45, 7) is 0. The number of nitrogens with one attached hydrogen (secondary N) is 1. The molecule has 1 aromatic rings. The maximum atomic E-state index is 12.2. The standard InChI is InChI=1S/C12H16BrNO4S2/c1-18-12(15)8-2-4-9(5-3-8)14-20(16,17)11-7-6-10(13)19-11/h6-9,14H,2-5H2,1H3. The number of thiophene rings is 1. The minimum atomic E-state index is -3.46. The third-order valence-corrected chi connectivity index (χ3v) is 7.03. The van der Waals surface area contributed by atoms with Crippen LogP contribution in [0.5, 0.6) is 0 Å². The van der Waals surface area contributed by atoms with E-state index in [2.05, 4.69) is 20.7 Å². The lowest BCUT2D eigenvalue weighted by atomic mass is 9.86. The van der Waals surface area contributed by atoms with E-state index < -0.39 is 10.0 Å². The minimum Gasteiger partial charge on any atom is -0.469 e. The zero-order valence-corrected chi connectivity index (χ0v) is 14.2. The Morgan fingerprint density at radius 2 is 2.00 bits per heavy atom. The Balaban J connectivity index is 1.94. The molecule has 5 nitrogen and oxygen atoms in total. The molecule has 112 valence electrons. The molecule has 0 aromatic carbocycles. The van der Waals surface area contributed by atoms with Crippen LogP contribution >= 0.6 is 27.3 Å². The summed E-state index contributed by atoms with van der Waals surface area (Å²) in [7, 11) is -2.08. The molecule has 0 spiro atoms. The molecule has 1 heterocycles. The quantitative estimate of drug-likeness (QED) is 0.813. The second-order valence-corrected chi connectivity index (χ2v) is 9.16. The molecular weight excluding hydrogens is 366 g/mol. The maximum Gasteiger partial charge on any atom is 0.308 e. The second-order valence-electron chi connectivity index (χ2n) is 4.75. The van der Waals surface area contributed by atoms with Crippen LogP contribution in [0.25, 0.3) is 0 Å². The van der Waals surface area contributed by atoms with E-state index in [0.29, 0.717) is 29.9 Å². The molecule has 0 unspecified atom stereocenters. The van der Waals surface area contributed by atoms with Crippen molar-refractivity contribution in [2.45, 2.75) is 35.9 Å². The lowest BCUT2D eigenvalue weighted by molar-refractivity contribution is -0.146. The summed E-state index contributed by atoms with van der Waals surface area (Å²) in [5.41, 5.74) is 0. The first-order valence-corrected chi connectivity index (χ1v) is 9.37. The average molecular weight is 382 g/mol. The Labute approximate surface area is 130 Å². The van der Waals surface area contributed by atoms with Gasteiger partial charge >= 0.3 is 5.97 Å². The summed E-state index contributed by atoms with van der Waals surface area (Å²) in [6.07, 6.45) is 2.64. The largest absolute Gasteiger partial charge is 0.469 e. The Morgan fingerprint density at radius 1 is 1.35 bits per heavy atom. The minimum absolute atomic E-state index is 0.100. The fourth-order valence-corrected chi connectivity index (χ4v) is 5.66. The topological polar surface area (TPSA) is 72.5 Å². The van der Waals surface area contributed by atoms with Gasteiger partial charge in [-0.25, -0.2) is 13.1 Å². The van der Waals surface area contributed by atoms with Crippen LogP contribution < -0.4 is 4.72 Å². The molecule has 1 fully saturated rings. The Morgan fingerprint density at radius 3 is 2.50 bits per heavy atom. The average Bonchev–Trinajstić information content (AvgIpc) is 2.86. The number of carbonyl (C=O) groups is 1. The van der Waals surface area contributed by atoms with Gasteiger partial charge in [-0.15, -0.1) is 11.3 Å². The number of esters is 1. The summed E-state index contributed by atoms with van der Waals surface area (Å²) in [5.74, 6) is -0.301. The van der Waals surface area contributed by atoms with Gasteiger partial charge in [-0.3, -0.25) is 4.79 Å². The molecule has 0 bridgehead atoms. The first-order valence-electron chi connectivity index (χ1n) is 6.28. The number of rotatable bonds is 4. The highest BCUT2D eigenvalue weighted by molar-refractivity contribution is 9.11. The molecule has 0 saturated heterocycles. The second kappa shape index (κ2) is 6.55. The van der Waals surface area contributed by atoms with Crippen molar-refractivity contribution in [1.29, 1.82) is 0 Å². The van der Waals surface area contributed by atoms with E-state index in [-0.39, 0.29) is 17.9 Å². The number of methoxy groups -OCH3 is 1. The van der Waals surface area contributed by atoms with Gasteiger partial charge in [0.1, 0.15) is 4.21 Å². The lowest BCUT2D eigenvalue weighted by Gasteiger charge is -2.27. The van der Waals surface area contributed by atoms with E-state index >= 15 is 0 Å². The highest BCUT2D eigenvalue weighted by Crippen LogP contribution is 2.29. The monoisotopic (exact) mass is 381 g/mol. The predicted molar refractivity (Wildman–Crippen MR) is 80.1 cm³/mol. The van der Waals surface area contributed by atoms with Gasteiger partial charge in [0.2, 0.25) is 10.0 Å². The predicted octanol–water partition coefficient (Wildman–Crippen LogP) is 2.52. The lowest BCUT2D eigenvalue weighted by Crippen LogP contribution is -2.38. The van der Waals surface area contributed by atoms with E-state index in [0.717, 1.165) is 3.79 Å². The third kappa shape index (κ3) is 3.81. The number of hydrogen-bond acceptors (Lipinski definition) is 5. The van der Waals surface area contributed by atoms with Gasteiger partial charge in [-0.2, -0.15) is 0 Å². The van der Waals surface area contributed by atoms with Crippen LogP contribution in [0.3, 0.4) is 0 Å². The van der Waals surface area contributed by atoms with Crippen LogP contribution in [0, 0.1) is 5.92 Å². The molecule has 2 rings (SSSR count). The number of hydrogen-bond donors (Lipinski definition) is 1. The Bertz CT molecular complexity index is 576. The molecule has 0 aliphatic heterocycles. The van der Waals surface area contributed by atoms with Gasteiger partial charge in [-0.05, 0) is 53.7 Å². The fourth-order valence-electron chi connectivity index (χ4n) is 2.33. The summed E-state index contributed by atoms with van der Waals surface area (Å²) < 4.78 is 32.9. The number of halogens is 1. The molecule has 1 aromatic heterocycles. The van der Waals surface area contributed by atoms with Crippen molar-refractivity contribution < 1.29 is 17.9 Å². The number of ether oxygens (including phenoxy) is 1. The van der Waals surface area contributed by atoms with Gasteiger partial charge < -0.3 is 4.74 Å². The fraction of sp³-hybridized carbons (Fsp3) is 0.583. The molecule has 1 aliphatic carbocycles. The van der Waals surface area contributed by atoms with Gasteiger partial charge in [0, 0.05) is 6.04 Å². The van der Waals surface area contributed by atoms with Crippen LogP contribution in [-0.2, 0) is 19.6 Å². The number of carbonyl (C=O) groups excluding carboxylic acids is 1. The van der Waals surface area contributed by atoms with Gasteiger partial charge in [0.15, 0.2) is 0 Å². The van der Waals surface area contributed by atoms with Crippen LogP contribution in [0.2, 0.25) is 0 Å². The molecular formula is C12H16BrNO4S2. The molecule has 8 heteroatoms. The maximum absolute atomic E-state index is 12.2. The summed E-state index contributed by atoms with van der Waals surface area (Å²) >= 11 is 4.44. The van der Waals surface area contributed by atoms with Gasteiger partial charge in [-0.1, -0.05) is 0 Å². The van der Waals surface area contributed by atoms with Crippen LogP contribution in [-0.4, -0.2) is 27.5 Å². The van der Waals surface area contributed by atoms with E-state index in [1.54, 1.807) is 12.1 Å². The molecule has 0 amide bonds. The first kappa shape index (κ1) is 15.9. The van der Waals surface area contributed by atoms with Crippen LogP contribution in [0.4, 0.5) is 0 Å². The Kier molecular flexibility index (Phi) is 5.22. The van der Waals surface area contributed by atoms with Crippen molar-refractivity contribution in [2.75, 3.05) is 7.11 Å². The molecule has 1 aliphatic rings. The van der Waals surface area contributed by atoms with Crippen LogP contribution in [0.1, 0.15) is 25.7 Å².